The number of fused-ring (bicyclic) bond motifs is 1. The van der Waals surface area contributed by atoms with Crippen LogP contribution < -0.4 is 14.4 Å². The number of nitrogens with zero attached hydrogens (tertiary/aromatic N) is 1. The number of carbonyl (C=O) groups is 1. The molecule has 0 aliphatic heterocycles. The maximum Gasteiger partial charge on any atom is 0.248 e. The second kappa shape index (κ2) is 8.93. The number of halogens is 1. The molecule has 0 radical (unpaired) electrons. The SMILES string of the molecule is CC[C@@H](C(=O)Nc1cccc2ccccc12)N(c1ccc(OC)c(Cl)c1)S(C)(=O)=O. The molecule has 1 N–H and O–H groups in total. The first-order valence-corrected chi connectivity index (χ1v) is 11.6. The van der Waals surface area contributed by atoms with Gasteiger partial charge in [-0.2, -0.15) is 0 Å². The molecule has 6 nitrogen and oxygen atoms in total. The molecule has 0 heterocycles. The maximum absolute atomic E-state index is 13.2. The summed E-state index contributed by atoms with van der Waals surface area (Å²) in [5, 5.41) is 5.00. The van der Waals surface area contributed by atoms with Gasteiger partial charge < -0.3 is 10.1 Å². The van der Waals surface area contributed by atoms with Crippen LogP contribution >= 0.6 is 11.6 Å². The van der Waals surface area contributed by atoms with Gasteiger partial charge in [0.25, 0.3) is 0 Å². The molecule has 0 aliphatic rings. The first-order valence-electron chi connectivity index (χ1n) is 9.37. The summed E-state index contributed by atoms with van der Waals surface area (Å²) in [5.41, 5.74) is 0.918. The second-order valence-electron chi connectivity index (χ2n) is 6.82. The average molecular weight is 447 g/mol. The summed E-state index contributed by atoms with van der Waals surface area (Å²) >= 11 is 6.20. The molecule has 0 aromatic heterocycles. The van der Waals surface area contributed by atoms with E-state index in [0.717, 1.165) is 21.3 Å². The molecule has 3 aromatic rings. The summed E-state index contributed by atoms with van der Waals surface area (Å²) in [5.74, 6) is -0.00617. The largest absolute Gasteiger partial charge is 0.495 e. The Morgan fingerprint density at radius 2 is 1.83 bits per heavy atom. The lowest BCUT2D eigenvalue weighted by Gasteiger charge is -2.30. The van der Waals surface area contributed by atoms with Crippen molar-refractivity contribution in [3.05, 3.63) is 65.7 Å². The highest BCUT2D eigenvalue weighted by molar-refractivity contribution is 7.92. The van der Waals surface area contributed by atoms with Crippen molar-refractivity contribution < 1.29 is 17.9 Å². The van der Waals surface area contributed by atoms with E-state index in [9.17, 15) is 13.2 Å². The Bertz CT molecular complexity index is 1180. The number of hydrogen-bond acceptors (Lipinski definition) is 4. The van der Waals surface area contributed by atoms with Crippen molar-refractivity contribution in [3.8, 4) is 5.75 Å². The number of amides is 1. The topological polar surface area (TPSA) is 75.7 Å². The van der Waals surface area contributed by atoms with Crippen molar-refractivity contribution in [2.45, 2.75) is 19.4 Å². The first-order chi connectivity index (χ1) is 14.3. The van der Waals surface area contributed by atoms with Crippen molar-refractivity contribution in [1.29, 1.82) is 0 Å². The Morgan fingerprint density at radius 1 is 1.13 bits per heavy atom. The van der Waals surface area contributed by atoms with E-state index in [1.165, 1.54) is 13.2 Å². The first kappa shape index (κ1) is 21.9. The zero-order valence-corrected chi connectivity index (χ0v) is 18.5. The number of methoxy groups -OCH3 is 1. The fraction of sp³-hybridized carbons (Fsp3) is 0.227. The molecule has 1 amide bonds. The number of anilines is 2. The summed E-state index contributed by atoms with van der Waals surface area (Å²) in [6, 6.07) is 16.9. The van der Waals surface area contributed by atoms with Crippen LogP contribution in [0.3, 0.4) is 0 Å². The van der Waals surface area contributed by atoms with Crippen LogP contribution in [0.5, 0.6) is 5.75 Å². The summed E-state index contributed by atoms with van der Waals surface area (Å²) in [6.45, 7) is 1.76. The Morgan fingerprint density at radius 3 is 2.47 bits per heavy atom. The average Bonchev–Trinajstić information content (AvgIpc) is 2.71. The zero-order chi connectivity index (χ0) is 21.9. The third-order valence-electron chi connectivity index (χ3n) is 4.77. The van der Waals surface area contributed by atoms with Gasteiger partial charge in [-0.05, 0) is 36.1 Å². The quantitative estimate of drug-likeness (QED) is 0.571. The van der Waals surface area contributed by atoms with Crippen LogP contribution in [0.1, 0.15) is 13.3 Å². The number of carbonyl (C=O) groups excluding carboxylic acids is 1. The normalized spacial score (nSPS) is 12.4. The van der Waals surface area contributed by atoms with Crippen molar-refractivity contribution >= 4 is 49.7 Å². The van der Waals surface area contributed by atoms with E-state index >= 15 is 0 Å². The van der Waals surface area contributed by atoms with Crippen molar-refractivity contribution in [2.75, 3.05) is 23.0 Å². The van der Waals surface area contributed by atoms with E-state index in [1.54, 1.807) is 25.1 Å². The van der Waals surface area contributed by atoms with Gasteiger partial charge >= 0.3 is 0 Å². The molecule has 158 valence electrons. The van der Waals surface area contributed by atoms with Gasteiger partial charge in [0.05, 0.1) is 24.1 Å². The molecule has 3 rings (SSSR count). The lowest BCUT2D eigenvalue weighted by molar-refractivity contribution is -0.117. The van der Waals surface area contributed by atoms with Crippen LogP contribution in [0.15, 0.2) is 60.7 Å². The van der Waals surface area contributed by atoms with E-state index in [1.807, 2.05) is 36.4 Å². The highest BCUT2D eigenvalue weighted by Gasteiger charge is 2.32. The molecule has 0 saturated carbocycles. The number of hydrogen-bond donors (Lipinski definition) is 1. The van der Waals surface area contributed by atoms with E-state index < -0.39 is 22.0 Å². The van der Waals surface area contributed by atoms with Crippen molar-refractivity contribution in [1.82, 2.24) is 0 Å². The van der Waals surface area contributed by atoms with Crippen LogP contribution in [-0.2, 0) is 14.8 Å². The number of rotatable bonds is 7. The Hall–Kier alpha value is -2.77. The fourth-order valence-corrected chi connectivity index (χ4v) is 4.86. The predicted molar refractivity (Wildman–Crippen MR) is 122 cm³/mol. The van der Waals surface area contributed by atoms with Gasteiger partial charge in [-0.25, -0.2) is 8.42 Å². The van der Waals surface area contributed by atoms with E-state index in [4.69, 9.17) is 16.3 Å². The Kier molecular flexibility index (Phi) is 6.53. The molecule has 8 heteroatoms. The predicted octanol–water partition coefficient (Wildman–Crippen LogP) is 4.69. The smallest absolute Gasteiger partial charge is 0.248 e. The molecule has 0 spiro atoms. The summed E-state index contributed by atoms with van der Waals surface area (Å²) < 4.78 is 31.5. The molecular formula is C22H23ClN2O4S. The minimum absolute atomic E-state index is 0.257. The molecule has 0 fully saturated rings. The molecule has 3 aromatic carbocycles. The second-order valence-corrected chi connectivity index (χ2v) is 9.08. The van der Waals surface area contributed by atoms with Gasteiger partial charge in [-0.1, -0.05) is 54.9 Å². The lowest BCUT2D eigenvalue weighted by atomic mass is 10.1. The van der Waals surface area contributed by atoms with E-state index in [2.05, 4.69) is 5.32 Å². The summed E-state index contributed by atoms with van der Waals surface area (Å²) in [6.07, 6.45) is 1.34. The lowest BCUT2D eigenvalue weighted by Crippen LogP contribution is -2.47. The van der Waals surface area contributed by atoms with E-state index in [-0.39, 0.29) is 11.4 Å². The Balaban J connectivity index is 1.99. The van der Waals surface area contributed by atoms with Crippen molar-refractivity contribution in [2.24, 2.45) is 0 Å². The van der Waals surface area contributed by atoms with Gasteiger partial charge in [0, 0.05) is 11.1 Å². The molecule has 0 aliphatic carbocycles. The number of sulfonamides is 1. The molecule has 30 heavy (non-hydrogen) atoms. The van der Waals surface area contributed by atoms with Crippen LogP contribution in [-0.4, -0.2) is 33.7 Å². The van der Waals surface area contributed by atoms with Crippen LogP contribution in [0, 0.1) is 0 Å². The van der Waals surface area contributed by atoms with Crippen LogP contribution in [0.2, 0.25) is 5.02 Å². The van der Waals surface area contributed by atoms with Gasteiger partial charge in [0.1, 0.15) is 11.8 Å². The zero-order valence-electron chi connectivity index (χ0n) is 16.9. The minimum atomic E-state index is -3.77. The van der Waals surface area contributed by atoms with Crippen LogP contribution in [0.25, 0.3) is 10.8 Å². The molecule has 1 atom stereocenters. The number of ether oxygens (including phenoxy) is 1. The van der Waals surface area contributed by atoms with Gasteiger partial charge in [0.2, 0.25) is 15.9 Å². The fourth-order valence-electron chi connectivity index (χ4n) is 3.40. The van der Waals surface area contributed by atoms with Crippen molar-refractivity contribution in [3.63, 3.8) is 0 Å². The number of benzene rings is 3. The van der Waals surface area contributed by atoms with E-state index in [0.29, 0.717) is 17.1 Å². The standard InChI is InChI=1S/C22H23ClN2O4S/c1-4-20(22(26)24-19-11-7-9-15-8-5-6-10-17(15)19)25(30(3,27)28)16-12-13-21(29-2)18(23)14-16/h5-14,20H,4H2,1-3H3,(H,24,26)/t20-/m0/s1. The monoisotopic (exact) mass is 446 g/mol. The highest BCUT2D eigenvalue weighted by atomic mass is 35.5. The summed E-state index contributed by atoms with van der Waals surface area (Å²) in [7, 11) is -2.30. The van der Waals surface area contributed by atoms with Gasteiger partial charge in [-0.15, -0.1) is 0 Å². The third kappa shape index (κ3) is 4.52. The van der Waals surface area contributed by atoms with Gasteiger partial charge in [-0.3, -0.25) is 9.10 Å². The molecule has 0 unspecified atom stereocenters. The third-order valence-corrected chi connectivity index (χ3v) is 6.24. The maximum atomic E-state index is 13.2. The van der Waals surface area contributed by atoms with Crippen LogP contribution in [0.4, 0.5) is 11.4 Å². The Labute approximate surface area is 181 Å². The molecule has 0 bridgehead atoms. The molecule has 0 saturated heterocycles. The molecular weight excluding hydrogens is 424 g/mol. The summed E-state index contributed by atoms with van der Waals surface area (Å²) in [4.78, 5) is 13.2. The number of nitrogens with one attached hydrogen (secondary N) is 1. The van der Waals surface area contributed by atoms with Gasteiger partial charge in [0.15, 0.2) is 0 Å². The minimum Gasteiger partial charge on any atom is -0.495 e. The highest BCUT2D eigenvalue weighted by Crippen LogP contribution is 2.32.